The highest BCUT2D eigenvalue weighted by Gasteiger charge is 2.17. The van der Waals surface area contributed by atoms with Gasteiger partial charge in [-0.25, -0.2) is 0 Å². The minimum Gasteiger partial charge on any atom is -0.496 e. The summed E-state index contributed by atoms with van der Waals surface area (Å²) >= 11 is 0. The van der Waals surface area contributed by atoms with E-state index in [-0.39, 0.29) is 0 Å². The molecule has 4 heteroatoms. The quantitative estimate of drug-likeness (QED) is 0.244. The highest BCUT2D eigenvalue weighted by molar-refractivity contribution is 6.01. The van der Waals surface area contributed by atoms with Crippen molar-refractivity contribution in [2.75, 3.05) is 7.11 Å². The summed E-state index contributed by atoms with van der Waals surface area (Å²) in [4.78, 5) is 5.71. The first-order valence-corrected chi connectivity index (χ1v) is 10.7. The number of para-hydroxylation sites is 1. The predicted molar refractivity (Wildman–Crippen MR) is 131 cm³/mol. The summed E-state index contributed by atoms with van der Waals surface area (Å²) < 4.78 is 7.69. The third kappa shape index (κ3) is 4.45. The van der Waals surface area contributed by atoms with Crippen LogP contribution in [0.25, 0.3) is 16.9 Å². The molecule has 0 aliphatic heterocycles. The highest BCUT2D eigenvalue weighted by Crippen LogP contribution is 2.30. The number of ether oxygens (including phenoxy) is 1. The Morgan fingerprint density at radius 3 is 2.38 bits per heavy atom. The number of aromatic nitrogens is 1. The van der Waals surface area contributed by atoms with Crippen LogP contribution in [0, 0.1) is 13.8 Å². The normalized spacial score (nSPS) is 11.4. The number of hydrogen-bond acceptors (Lipinski definition) is 3. The fraction of sp³-hybridized carbons (Fsp3) is 0.179. The molecular weight excluding hydrogens is 396 g/mol. The Labute approximate surface area is 189 Å². The van der Waals surface area contributed by atoms with Crippen molar-refractivity contribution >= 4 is 5.71 Å². The third-order valence-electron chi connectivity index (χ3n) is 5.58. The van der Waals surface area contributed by atoms with Gasteiger partial charge in [-0.2, -0.15) is 0 Å². The second-order valence-corrected chi connectivity index (χ2v) is 7.83. The minimum absolute atomic E-state index is 0.352. The molecule has 0 saturated carbocycles. The molecule has 0 aliphatic rings. The summed E-state index contributed by atoms with van der Waals surface area (Å²) in [5.74, 6) is 0.800. The Morgan fingerprint density at radius 1 is 0.875 bits per heavy atom. The first kappa shape index (κ1) is 21.4. The van der Waals surface area contributed by atoms with Gasteiger partial charge in [0.05, 0.1) is 18.5 Å². The molecule has 0 atom stereocenters. The summed E-state index contributed by atoms with van der Waals surface area (Å²) in [6.45, 7) is 6.58. The smallest absolute Gasteiger partial charge is 0.145 e. The Hall–Kier alpha value is -3.79. The fourth-order valence-electron chi connectivity index (χ4n) is 3.96. The lowest BCUT2D eigenvalue weighted by Crippen LogP contribution is -2.03. The Kier molecular flexibility index (Phi) is 6.41. The molecule has 0 spiro atoms. The van der Waals surface area contributed by atoms with Gasteiger partial charge >= 0.3 is 0 Å². The number of oxime groups is 1. The maximum Gasteiger partial charge on any atom is 0.145 e. The Bertz CT molecular complexity index is 1240. The van der Waals surface area contributed by atoms with Crippen molar-refractivity contribution in [3.8, 4) is 22.7 Å². The van der Waals surface area contributed by atoms with Crippen molar-refractivity contribution < 1.29 is 9.57 Å². The van der Waals surface area contributed by atoms with E-state index in [9.17, 15) is 0 Å². The van der Waals surface area contributed by atoms with Gasteiger partial charge in [0.1, 0.15) is 12.4 Å². The van der Waals surface area contributed by atoms with E-state index in [1.54, 1.807) is 7.11 Å². The molecule has 0 radical (unpaired) electrons. The molecule has 0 N–H and O–H groups in total. The van der Waals surface area contributed by atoms with Crippen LogP contribution in [0.15, 0.2) is 90.1 Å². The molecule has 0 aliphatic carbocycles. The first-order valence-electron chi connectivity index (χ1n) is 10.7. The molecule has 4 aromatic rings. The topological polar surface area (TPSA) is 35.8 Å². The van der Waals surface area contributed by atoms with Crippen molar-refractivity contribution in [3.05, 3.63) is 107 Å². The van der Waals surface area contributed by atoms with Crippen molar-refractivity contribution in [2.24, 2.45) is 5.16 Å². The van der Waals surface area contributed by atoms with E-state index >= 15 is 0 Å². The summed E-state index contributed by atoms with van der Waals surface area (Å²) in [7, 11) is 1.66. The molecule has 4 rings (SSSR count). The fourth-order valence-corrected chi connectivity index (χ4v) is 3.96. The van der Waals surface area contributed by atoms with Crippen LogP contribution < -0.4 is 4.74 Å². The number of nitrogens with zero attached hydrogens (tertiary/aromatic N) is 2. The van der Waals surface area contributed by atoms with E-state index in [2.05, 4.69) is 78.2 Å². The Morgan fingerprint density at radius 2 is 1.62 bits per heavy atom. The largest absolute Gasteiger partial charge is 0.496 e. The summed E-state index contributed by atoms with van der Waals surface area (Å²) in [6, 6.07) is 29.0. The van der Waals surface area contributed by atoms with Gasteiger partial charge in [0.25, 0.3) is 0 Å². The monoisotopic (exact) mass is 424 g/mol. The van der Waals surface area contributed by atoms with Crippen LogP contribution in [0.3, 0.4) is 0 Å². The van der Waals surface area contributed by atoms with Gasteiger partial charge < -0.3 is 14.1 Å². The number of aryl methyl sites for hydroxylation is 1. The molecule has 1 aromatic heterocycles. The number of rotatable bonds is 7. The highest BCUT2D eigenvalue weighted by atomic mass is 16.6. The van der Waals surface area contributed by atoms with Crippen molar-refractivity contribution in [2.45, 2.75) is 27.4 Å². The van der Waals surface area contributed by atoms with E-state index in [0.717, 1.165) is 45.2 Å². The van der Waals surface area contributed by atoms with Gasteiger partial charge in [-0.05, 0) is 56.2 Å². The zero-order valence-electron chi connectivity index (χ0n) is 19.0. The number of benzene rings is 3. The molecule has 0 unspecified atom stereocenters. The summed E-state index contributed by atoms with van der Waals surface area (Å²) in [6.07, 6.45) is 0. The van der Waals surface area contributed by atoms with Crippen LogP contribution >= 0.6 is 0 Å². The molecule has 4 nitrogen and oxygen atoms in total. The summed E-state index contributed by atoms with van der Waals surface area (Å²) in [5, 5.41) is 4.43. The molecule has 0 saturated heterocycles. The van der Waals surface area contributed by atoms with Crippen molar-refractivity contribution in [1.29, 1.82) is 0 Å². The standard InChI is InChI=1S/C28H28N2O2/c1-20-11-10-15-25(17-20)30-22(3)26(18-27(30)23-12-6-5-7-13-23)21(2)29-32-19-24-14-8-9-16-28(24)31-4/h5-18H,19H2,1-4H3/b29-21-. The van der Waals surface area contributed by atoms with Crippen molar-refractivity contribution in [1.82, 2.24) is 4.57 Å². The van der Waals surface area contributed by atoms with Crippen LogP contribution in [0.4, 0.5) is 0 Å². The Balaban J connectivity index is 1.70. The lowest BCUT2D eigenvalue weighted by Gasteiger charge is -2.13. The van der Waals surface area contributed by atoms with Gasteiger partial charge in [-0.15, -0.1) is 0 Å². The molecule has 1 heterocycles. The molecule has 0 bridgehead atoms. The van der Waals surface area contributed by atoms with Gasteiger partial charge in [0.15, 0.2) is 0 Å². The number of hydrogen-bond donors (Lipinski definition) is 0. The number of methoxy groups -OCH3 is 1. The van der Waals surface area contributed by atoms with Crippen LogP contribution in [0.1, 0.15) is 29.3 Å². The zero-order valence-corrected chi connectivity index (χ0v) is 19.0. The zero-order chi connectivity index (χ0) is 22.5. The maximum absolute atomic E-state index is 5.71. The third-order valence-corrected chi connectivity index (χ3v) is 5.58. The van der Waals surface area contributed by atoms with E-state index < -0.39 is 0 Å². The first-order chi connectivity index (χ1) is 15.6. The van der Waals surface area contributed by atoms with Crippen LogP contribution in [0.5, 0.6) is 5.75 Å². The molecule has 32 heavy (non-hydrogen) atoms. The van der Waals surface area contributed by atoms with Crippen molar-refractivity contribution in [3.63, 3.8) is 0 Å². The van der Waals surface area contributed by atoms with Gasteiger partial charge in [-0.3, -0.25) is 0 Å². The van der Waals surface area contributed by atoms with Gasteiger partial charge in [0, 0.05) is 22.5 Å². The second kappa shape index (κ2) is 9.56. The molecule has 162 valence electrons. The summed E-state index contributed by atoms with van der Waals surface area (Å²) in [5.41, 5.74) is 8.62. The lowest BCUT2D eigenvalue weighted by atomic mass is 10.1. The molecule has 3 aromatic carbocycles. The maximum atomic E-state index is 5.71. The SMILES string of the molecule is COc1ccccc1CO/N=C(/C)c1cc(-c2ccccc2)n(-c2cccc(C)c2)c1C. The van der Waals surface area contributed by atoms with Gasteiger partial charge in [-0.1, -0.05) is 65.8 Å². The van der Waals surface area contributed by atoms with E-state index in [0.29, 0.717) is 6.61 Å². The second-order valence-electron chi connectivity index (χ2n) is 7.83. The predicted octanol–water partition coefficient (Wildman–Crippen LogP) is 6.71. The lowest BCUT2D eigenvalue weighted by molar-refractivity contribution is 0.128. The van der Waals surface area contributed by atoms with Crippen LogP contribution in [0.2, 0.25) is 0 Å². The van der Waals surface area contributed by atoms with Crippen LogP contribution in [-0.4, -0.2) is 17.4 Å². The van der Waals surface area contributed by atoms with E-state index in [1.807, 2.05) is 37.3 Å². The van der Waals surface area contributed by atoms with Gasteiger partial charge in [0.2, 0.25) is 0 Å². The van der Waals surface area contributed by atoms with E-state index in [1.165, 1.54) is 5.56 Å². The minimum atomic E-state index is 0.352. The molecular formula is C28H28N2O2. The van der Waals surface area contributed by atoms with Crippen LogP contribution in [-0.2, 0) is 11.4 Å². The average Bonchev–Trinajstić information content (AvgIpc) is 3.17. The van der Waals surface area contributed by atoms with E-state index in [4.69, 9.17) is 9.57 Å². The molecule has 0 amide bonds. The average molecular weight is 425 g/mol. The molecule has 0 fully saturated rings.